The number of hydrogen-bond acceptors (Lipinski definition) is 3. The summed E-state index contributed by atoms with van der Waals surface area (Å²) in [5.74, 6) is 2.35. The van der Waals surface area contributed by atoms with Gasteiger partial charge in [-0.25, -0.2) is 4.99 Å². The first-order valence-electron chi connectivity index (χ1n) is 8.40. The summed E-state index contributed by atoms with van der Waals surface area (Å²) in [6.07, 6.45) is 0. The molecule has 0 radical (unpaired) electrons. The minimum absolute atomic E-state index is 0. The third-order valence-corrected chi connectivity index (χ3v) is 3.15. The highest BCUT2D eigenvalue weighted by Crippen LogP contribution is 2.14. The number of aliphatic imine (C=N–C) groups is 1. The van der Waals surface area contributed by atoms with E-state index < -0.39 is 0 Å². The summed E-state index contributed by atoms with van der Waals surface area (Å²) in [4.78, 5) is 6.74. The van der Waals surface area contributed by atoms with Crippen LogP contribution >= 0.6 is 24.0 Å². The van der Waals surface area contributed by atoms with Crippen molar-refractivity contribution in [3.05, 3.63) is 29.8 Å². The molecule has 0 saturated heterocycles. The number of halogens is 1. The Labute approximate surface area is 164 Å². The number of nitrogens with zero attached hydrogens (tertiary/aromatic N) is 2. The fourth-order valence-corrected chi connectivity index (χ4v) is 1.89. The van der Waals surface area contributed by atoms with E-state index in [-0.39, 0.29) is 24.0 Å². The molecule has 2 N–H and O–H groups in total. The molecule has 0 saturated carbocycles. The zero-order valence-corrected chi connectivity index (χ0v) is 18.0. The van der Waals surface area contributed by atoms with Gasteiger partial charge in [-0.15, -0.1) is 24.0 Å². The van der Waals surface area contributed by atoms with Gasteiger partial charge in [0.1, 0.15) is 12.4 Å². The molecule has 0 aliphatic carbocycles. The molecule has 6 heteroatoms. The minimum atomic E-state index is 0. The molecule has 5 nitrogen and oxygen atoms in total. The van der Waals surface area contributed by atoms with Crippen molar-refractivity contribution in [3.63, 3.8) is 0 Å². The Morgan fingerprint density at radius 1 is 1.25 bits per heavy atom. The zero-order valence-electron chi connectivity index (χ0n) is 15.6. The van der Waals surface area contributed by atoms with Crippen LogP contribution in [-0.2, 0) is 6.54 Å². The summed E-state index contributed by atoms with van der Waals surface area (Å²) in [6, 6.07) is 8.15. The van der Waals surface area contributed by atoms with Crippen LogP contribution in [0, 0.1) is 5.92 Å². The fourth-order valence-electron chi connectivity index (χ4n) is 1.89. The molecule has 0 atom stereocenters. The van der Waals surface area contributed by atoms with E-state index in [0.29, 0.717) is 19.1 Å². The average Bonchev–Trinajstić information content (AvgIpc) is 2.50. The maximum absolute atomic E-state index is 5.77. The quantitative estimate of drug-likeness (QED) is 0.347. The van der Waals surface area contributed by atoms with Crippen LogP contribution in [-0.4, -0.2) is 51.2 Å². The van der Waals surface area contributed by atoms with Gasteiger partial charge in [0.15, 0.2) is 5.96 Å². The summed E-state index contributed by atoms with van der Waals surface area (Å²) in [5.41, 5.74) is 1.15. The third-order valence-electron chi connectivity index (χ3n) is 3.15. The second-order valence-electron chi connectivity index (χ2n) is 6.27. The SMILES string of the molecule is CCNC(=NCc1cccc(OCCN(C)C)c1)NCC(C)C.I. The Kier molecular flexibility index (Phi) is 12.7. The van der Waals surface area contributed by atoms with Gasteiger partial charge in [-0.3, -0.25) is 0 Å². The van der Waals surface area contributed by atoms with E-state index in [1.54, 1.807) is 0 Å². The van der Waals surface area contributed by atoms with Crippen molar-refractivity contribution in [1.82, 2.24) is 15.5 Å². The van der Waals surface area contributed by atoms with Crippen molar-refractivity contribution in [2.45, 2.75) is 27.3 Å². The van der Waals surface area contributed by atoms with Crippen LogP contribution in [0.2, 0.25) is 0 Å². The van der Waals surface area contributed by atoms with E-state index in [0.717, 1.165) is 36.9 Å². The topological polar surface area (TPSA) is 48.9 Å². The lowest BCUT2D eigenvalue weighted by Gasteiger charge is -2.13. The van der Waals surface area contributed by atoms with Gasteiger partial charge in [-0.1, -0.05) is 26.0 Å². The monoisotopic (exact) mass is 448 g/mol. The van der Waals surface area contributed by atoms with Gasteiger partial charge in [0.25, 0.3) is 0 Å². The highest BCUT2D eigenvalue weighted by molar-refractivity contribution is 14.0. The van der Waals surface area contributed by atoms with E-state index in [1.165, 1.54) is 0 Å². The van der Waals surface area contributed by atoms with Crippen molar-refractivity contribution in [2.24, 2.45) is 10.9 Å². The van der Waals surface area contributed by atoms with Crippen molar-refractivity contribution < 1.29 is 4.74 Å². The van der Waals surface area contributed by atoms with Crippen LogP contribution in [0.1, 0.15) is 26.3 Å². The Morgan fingerprint density at radius 2 is 2.00 bits per heavy atom. The lowest BCUT2D eigenvalue weighted by atomic mass is 10.2. The molecule has 1 aromatic rings. The van der Waals surface area contributed by atoms with Gasteiger partial charge < -0.3 is 20.3 Å². The van der Waals surface area contributed by atoms with E-state index in [2.05, 4.69) is 53.4 Å². The lowest BCUT2D eigenvalue weighted by Crippen LogP contribution is -2.39. The first-order chi connectivity index (χ1) is 11.0. The molecule has 0 amide bonds. The Balaban J connectivity index is 0.00000529. The molecule has 24 heavy (non-hydrogen) atoms. The number of benzene rings is 1. The predicted octanol–water partition coefficient (Wildman–Crippen LogP) is 2.96. The van der Waals surface area contributed by atoms with Gasteiger partial charge in [-0.2, -0.15) is 0 Å². The number of ether oxygens (including phenoxy) is 1. The van der Waals surface area contributed by atoms with Crippen molar-refractivity contribution >= 4 is 29.9 Å². The predicted molar refractivity (Wildman–Crippen MR) is 114 cm³/mol. The second kappa shape index (κ2) is 13.3. The molecule has 0 spiro atoms. The number of likely N-dealkylation sites (N-methyl/N-ethyl adjacent to an activating group) is 1. The summed E-state index contributed by atoms with van der Waals surface area (Å²) in [7, 11) is 4.09. The van der Waals surface area contributed by atoms with E-state index in [1.807, 2.05) is 26.2 Å². The molecule has 0 bridgehead atoms. The molecule has 0 aliphatic heterocycles. The van der Waals surface area contributed by atoms with Gasteiger partial charge in [0.2, 0.25) is 0 Å². The van der Waals surface area contributed by atoms with Gasteiger partial charge >= 0.3 is 0 Å². The average molecular weight is 448 g/mol. The standard InChI is InChI=1S/C18H32N4O.HI/c1-6-19-18(20-13-15(2)3)21-14-16-8-7-9-17(12-16)23-11-10-22(4)5;/h7-9,12,15H,6,10-11,13-14H2,1-5H3,(H2,19,20,21);1H. The molecule has 0 heterocycles. The molecular formula is C18H33IN4O. The second-order valence-corrected chi connectivity index (χ2v) is 6.27. The largest absolute Gasteiger partial charge is 0.492 e. The highest BCUT2D eigenvalue weighted by Gasteiger charge is 2.01. The van der Waals surface area contributed by atoms with Gasteiger partial charge in [0.05, 0.1) is 6.54 Å². The molecular weight excluding hydrogens is 415 g/mol. The minimum Gasteiger partial charge on any atom is -0.492 e. The molecule has 0 aromatic heterocycles. The van der Waals surface area contributed by atoms with Crippen molar-refractivity contribution in [2.75, 3.05) is 40.3 Å². The number of hydrogen-bond donors (Lipinski definition) is 2. The van der Waals surface area contributed by atoms with Crippen LogP contribution in [0.5, 0.6) is 5.75 Å². The Bertz CT molecular complexity index is 478. The molecule has 0 aliphatic rings. The van der Waals surface area contributed by atoms with Crippen molar-refractivity contribution in [3.8, 4) is 5.75 Å². The van der Waals surface area contributed by atoms with E-state index in [4.69, 9.17) is 4.74 Å². The highest BCUT2D eigenvalue weighted by atomic mass is 127. The molecule has 1 rings (SSSR count). The van der Waals surface area contributed by atoms with Crippen LogP contribution in [0.15, 0.2) is 29.3 Å². The summed E-state index contributed by atoms with van der Waals surface area (Å²) < 4.78 is 5.77. The first kappa shape index (κ1) is 23.0. The normalized spacial score (nSPS) is 11.4. The molecule has 0 unspecified atom stereocenters. The van der Waals surface area contributed by atoms with E-state index in [9.17, 15) is 0 Å². The van der Waals surface area contributed by atoms with Gasteiger partial charge in [0, 0.05) is 19.6 Å². The van der Waals surface area contributed by atoms with Crippen LogP contribution < -0.4 is 15.4 Å². The Hall–Kier alpha value is -1.02. The summed E-state index contributed by atoms with van der Waals surface area (Å²) >= 11 is 0. The maximum Gasteiger partial charge on any atom is 0.191 e. The Morgan fingerprint density at radius 3 is 2.62 bits per heavy atom. The zero-order chi connectivity index (χ0) is 17.1. The number of nitrogens with one attached hydrogen (secondary N) is 2. The molecule has 0 fully saturated rings. The molecule has 1 aromatic carbocycles. The number of guanidine groups is 1. The van der Waals surface area contributed by atoms with Crippen molar-refractivity contribution in [1.29, 1.82) is 0 Å². The van der Waals surface area contributed by atoms with Crippen LogP contribution in [0.4, 0.5) is 0 Å². The lowest BCUT2D eigenvalue weighted by molar-refractivity contribution is 0.261. The molecule has 138 valence electrons. The fraction of sp³-hybridized carbons (Fsp3) is 0.611. The number of rotatable bonds is 9. The van der Waals surface area contributed by atoms with Gasteiger partial charge in [-0.05, 0) is 44.6 Å². The first-order valence-corrected chi connectivity index (χ1v) is 8.40. The maximum atomic E-state index is 5.77. The van der Waals surface area contributed by atoms with Crippen LogP contribution in [0.3, 0.4) is 0 Å². The third kappa shape index (κ3) is 10.7. The smallest absolute Gasteiger partial charge is 0.191 e. The van der Waals surface area contributed by atoms with E-state index >= 15 is 0 Å². The summed E-state index contributed by atoms with van der Waals surface area (Å²) in [6.45, 7) is 10.5. The van der Waals surface area contributed by atoms with Crippen LogP contribution in [0.25, 0.3) is 0 Å². The summed E-state index contributed by atoms with van der Waals surface area (Å²) in [5, 5.41) is 6.63.